The summed E-state index contributed by atoms with van der Waals surface area (Å²) in [5, 5.41) is 16.0. The summed E-state index contributed by atoms with van der Waals surface area (Å²) in [6.45, 7) is 3.13. The van der Waals surface area contributed by atoms with Gasteiger partial charge < -0.3 is 20.5 Å². The Labute approximate surface area is 106 Å². The zero-order valence-electron chi connectivity index (χ0n) is 10.7. The molecule has 0 atom stereocenters. The van der Waals surface area contributed by atoms with Gasteiger partial charge in [-0.3, -0.25) is 0 Å². The maximum atomic E-state index is 9.99. The average Bonchev–Trinajstić information content (AvgIpc) is 2.34. The van der Waals surface area contributed by atoms with E-state index < -0.39 is 5.60 Å². The molecular formula is C11H19N5O2. The second kappa shape index (κ2) is 5.34. The molecule has 1 saturated carbocycles. The quantitative estimate of drug-likeness (QED) is 0.685. The SMILES string of the molecule is CCNc1nc(NCC2(O)CCC2)nc(OC)n1. The summed E-state index contributed by atoms with van der Waals surface area (Å²) in [6, 6.07) is 0.254. The third-order valence-electron chi connectivity index (χ3n) is 2.99. The van der Waals surface area contributed by atoms with Crippen molar-refractivity contribution in [2.24, 2.45) is 0 Å². The van der Waals surface area contributed by atoms with Crippen LogP contribution in [0.4, 0.5) is 11.9 Å². The molecule has 0 unspecified atom stereocenters. The largest absolute Gasteiger partial charge is 0.467 e. The van der Waals surface area contributed by atoms with Crippen molar-refractivity contribution in [3.05, 3.63) is 0 Å². The maximum Gasteiger partial charge on any atom is 0.322 e. The highest BCUT2D eigenvalue weighted by atomic mass is 16.5. The van der Waals surface area contributed by atoms with Gasteiger partial charge in [-0.1, -0.05) is 0 Å². The fourth-order valence-corrected chi connectivity index (χ4v) is 1.77. The number of rotatable bonds is 6. The fourth-order valence-electron chi connectivity index (χ4n) is 1.77. The van der Waals surface area contributed by atoms with Gasteiger partial charge in [0, 0.05) is 13.1 Å². The van der Waals surface area contributed by atoms with E-state index in [4.69, 9.17) is 4.74 Å². The highest BCUT2D eigenvalue weighted by Crippen LogP contribution is 2.31. The van der Waals surface area contributed by atoms with Crippen LogP contribution in [0, 0.1) is 0 Å². The van der Waals surface area contributed by atoms with Crippen molar-refractivity contribution in [2.45, 2.75) is 31.8 Å². The zero-order valence-corrected chi connectivity index (χ0v) is 10.7. The van der Waals surface area contributed by atoms with Gasteiger partial charge in [0.1, 0.15) is 0 Å². The lowest BCUT2D eigenvalue weighted by Crippen LogP contribution is -2.43. The van der Waals surface area contributed by atoms with E-state index in [1.807, 2.05) is 6.92 Å². The molecule has 18 heavy (non-hydrogen) atoms. The first-order chi connectivity index (χ1) is 8.65. The Morgan fingerprint density at radius 2 is 1.89 bits per heavy atom. The normalized spacial score (nSPS) is 16.8. The van der Waals surface area contributed by atoms with E-state index in [9.17, 15) is 5.11 Å². The van der Waals surface area contributed by atoms with Crippen molar-refractivity contribution in [1.29, 1.82) is 0 Å². The van der Waals surface area contributed by atoms with Crippen LogP contribution in [0.2, 0.25) is 0 Å². The molecule has 0 saturated heterocycles. The van der Waals surface area contributed by atoms with Crippen molar-refractivity contribution >= 4 is 11.9 Å². The van der Waals surface area contributed by atoms with Crippen molar-refractivity contribution in [3.63, 3.8) is 0 Å². The van der Waals surface area contributed by atoms with Crippen molar-refractivity contribution in [2.75, 3.05) is 30.8 Å². The summed E-state index contributed by atoms with van der Waals surface area (Å²) in [5.74, 6) is 0.880. The van der Waals surface area contributed by atoms with E-state index in [-0.39, 0.29) is 6.01 Å². The summed E-state index contributed by atoms with van der Waals surface area (Å²) >= 11 is 0. The maximum absolute atomic E-state index is 9.99. The van der Waals surface area contributed by atoms with Gasteiger partial charge in [-0.05, 0) is 26.2 Å². The Morgan fingerprint density at radius 1 is 1.22 bits per heavy atom. The Hall–Kier alpha value is -1.63. The number of nitrogens with zero attached hydrogens (tertiary/aromatic N) is 3. The van der Waals surface area contributed by atoms with Gasteiger partial charge in [-0.15, -0.1) is 0 Å². The summed E-state index contributed by atoms with van der Waals surface area (Å²) < 4.78 is 5.01. The van der Waals surface area contributed by atoms with Gasteiger partial charge in [0.05, 0.1) is 12.7 Å². The smallest absolute Gasteiger partial charge is 0.322 e. The van der Waals surface area contributed by atoms with E-state index in [1.165, 1.54) is 7.11 Å². The van der Waals surface area contributed by atoms with Gasteiger partial charge in [-0.2, -0.15) is 15.0 Å². The molecule has 1 aromatic rings. The third-order valence-corrected chi connectivity index (χ3v) is 2.99. The standard InChI is InChI=1S/C11H19N5O2/c1-3-12-8-14-9(16-10(15-8)18-2)13-7-11(17)5-4-6-11/h17H,3-7H2,1-2H3,(H2,12,13,14,15,16). The first-order valence-electron chi connectivity index (χ1n) is 6.15. The number of anilines is 2. The average molecular weight is 253 g/mol. The predicted molar refractivity (Wildman–Crippen MR) is 67.8 cm³/mol. The molecule has 1 fully saturated rings. The number of hydrogen-bond donors (Lipinski definition) is 3. The number of aliphatic hydroxyl groups is 1. The second-order valence-corrected chi connectivity index (χ2v) is 4.43. The molecular weight excluding hydrogens is 234 g/mol. The third kappa shape index (κ3) is 2.98. The van der Waals surface area contributed by atoms with Gasteiger partial charge in [0.2, 0.25) is 11.9 Å². The number of ether oxygens (including phenoxy) is 1. The van der Waals surface area contributed by atoms with Crippen LogP contribution >= 0.6 is 0 Å². The van der Waals surface area contributed by atoms with Gasteiger partial charge in [-0.25, -0.2) is 0 Å². The zero-order chi connectivity index (χ0) is 13.0. The highest BCUT2D eigenvalue weighted by Gasteiger charge is 2.34. The van der Waals surface area contributed by atoms with Gasteiger partial charge in [0.25, 0.3) is 0 Å². The van der Waals surface area contributed by atoms with Crippen LogP contribution in [0.1, 0.15) is 26.2 Å². The molecule has 1 aliphatic carbocycles. The van der Waals surface area contributed by atoms with Gasteiger partial charge >= 0.3 is 6.01 Å². The molecule has 0 spiro atoms. The monoisotopic (exact) mass is 253 g/mol. The van der Waals surface area contributed by atoms with E-state index in [0.717, 1.165) is 25.8 Å². The van der Waals surface area contributed by atoms with Gasteiger partial charge in [0.15, 0.2) is 0 Å². The Morgan fingerprint density at radius 3 is 2.39 bits per heavy atom. The van der Waals surface area contributed by atoms with Crippen LogP contribution in [0.5, 0.6) is 6.01 Å². The fraction of sp³-hybridized carbons (Fsp3) is 0.727. The lowest BCUT2D eigenvalue weighted by Gasteiger charge is -2.36. The van der Waals surface area contributed by atoms with Crippen molar-refractivity contribution in [3.8, 4) is 6.01 Å². The molecule has 0 aromatic carbocycles. The summed E-state index contributed by atoms with van der Waals surface area (Å²) in [4.78, 5) is 12.3. The minimum Gasteiger partial charge on any atom is -0.467 e. The molecule has 0 amide bonds. The van der Waals surface area contributed by atoms with Crippen LogP contribution in [-0.2, 0) is 0 Å². The summed E-state index contributed by atoms with van der Waals surface area (Å²) in [5.41, 5.74) is -0.613. The molecule has 2 rings (SSSR count). The van der Waals surface area contributed by atoms with Crippen molar-refractivity contribution < 1.29 is 9.84 Å². The topological polar surface area (TPSA) is 92.2 Å². The molecule has 0 aliphatic heterocycles. The summed E-state index contributed by atoms with van der Waals surface area (Å²) in [7, 11) is 1.51. The number of aromatic nitrogens is 3. The molecule has 1 heterocycles. The highest BCUT2D eigenvalue weighted by molar-refractivity contribution is 5.36. The first-order valence-corrected chi connectivity index (χ1v) is 6.15. The Bertz CT molecular complexity index is 408. The number of methoxy groups -OCH3 is 1. The van der Waals surface area contributed by atoms with Crippen LogP contribution in [-0.4, -0.2) is 45.9 Å². The lowest BCUT2D eigenvalue weighted by atomic mass is 9.80. The van der Waals surface area contributed by atoms with Crippen LogP contribution in [0.15, 0.2) is 0 Å². The predicted octanol–water partition coefficient (Wildman–Crippen LogP) is 0.639. The van der Waals surface area contributed by atoms with Crippen molar-refractivity contribution in [1.82, 2.24) is 15.0 Å². The van der Waals surface area contributed by atoms with E-state index in [0.29, 0.717) is 18.4 Å². The molecule has 0 bridgehead atoms. The molecule has 100 valence electrons. The Kier molecular flexibility index (Phi) is 3.81. The van der Waals surface area contributed by atoms with E-state index >= 15 is 0 Å². The summed E-state index contributed by atoms with van der Waals surface area (Å²) in [6.07, 6.45) is 2.71. The van der Waals surface area contributed by atoms with Crippen LogP contribution < -0.4 is 15.4 Å². The number of hydrogen-bond acceptors (Lipinski definition) is 7. The number of nitrogens with one attached hydrogen (secondary N) is 2. The van der Waals surface area contributed by atoms with E-state index in [1.54, 1.807) is 0 Å². The molecule has 7 nitrogen and oxygen atoms in total. The molecule has 7 heteroatoms. The molecule has 1 aromatic heterocycles. The minimum absolute atomic E-state index is 0.254. The second-order valence-electron chi connectivity index (χ2n) is 4.43. The lowest BCUT2D eigenvalue weighted by molar-refractivity contribution is -0.0203. The first kappa shape index (κ1) is 12.8. The molecule has 3 N–H and O–H groups in total. The Balaban J connectivity index is 2.03. The minimum atomic E-state index is -0.613. The van der Waals surface area contributed by atoms with Crippen LogP contribution in [0.25, 0.3) is 0 Å². The molecule has 1 aliphatic rings. The molecule has 0 radical (unpaired) electrons. The van der Waals surface area contributed by atoms with Crippen LogP contribution in [0.3, 0.4) is 0 Å². The van der Waals surface area contributed by atoms with E-state index in [2.05, 4.69) is 25.6 Å².